The second-order valence-electron chi connectivity index (χ2n) is 5.77. The van der Waals surface area contributed by atoms with Crippen LogP contribution in [0.1, 0.15) is 24.1 Å². The van der Waals surface area contributed by atoms with Gasteiger partial charge >= 0.3 is 0 Å². The van der Waals surface area contributed by atoms with Gasteiger partial charge in [-0.2, -0.15) is 5.10 Å². The highest BCUT2D eigenvalue weighted by molar-refractivity contribution is 5.78. The first-order chi connectivity index (χ1) is 12.0. The Morgan fingerprint density at radius 3 is 2.64 bits per heavy atom. The van der Waals surface area contributed by atoms with Crippen LogP contribution in [0.2, 0.25) is 0 Å². The van der Waals surface area contributed by atoms with Gasteiger partial charge in [0.15, 0.2) is 11.6 Å². The van der Waals surface area contributed by atoms with E-state index in [1.165, 1.54) is 6.07 Å². The Morgan fingerprint density at radius 1 is 1.16 bits per heavy atom. The van der Waals surface area contributed by atoms with E-state index < -0.39 is 17.7 Å². The summed E-state index contributed by atoms with van der Waals surface area (Å²) in [6, 6.07) is 12.7. The highest BCUT2D eigenvalue weighted by Gasteiger charge is 2.13. The number of halogens is 2. The van der Waals surface area contributed by atoms with Crippen LogP contribution in [0.4, 0.5) is 8.78 Å². The summed E-state index contributed by atoms with van der Waals surface area (Å²) in [4.78, 5) is 12.2. The molecule has 128 valence electrons. The van der Waals surface area contributed by atoms with Crippen LogP contribution in [-0.2, 0) is 11.2 Å². The van der Waals surface area contributed by atoms with Gasteiger partial charge in [-0.05, 0) is 42.3 Å². The molecule has 0 unspecified atom stereocenters. The maximum Gasteiger partial charge on any atom is 0.225 e. The van der Waals surface area contributed by atoms with Gasteiger partial charge in [0.1, 0.15) is 0 Å². The van der Waals surface area contributed by atoms with Crippen LogP contribution in [0.25, 0.3) is 5.69 Å². The summed E-state index contributed by atoms with van der Waals surface area (Å²) in [5, 5.41) is 7.02. The van der Waals surface area contributed by atoms with Crippen LogP contribution in [0.15, 0.2) is 60.9 Å². The molecular formula is C19H17F2N3O. The number of rotatable bonds is 5. The fourth-order valence-corrected chi connectivity index (χ4v) is 2.52. The topological polar surface area (TPSA) is 46.9 Å². The Bertz CT molecular complexity index is 877. The van der Waals surface area contributed by atoms with Gasteiger partial charge in [-0.25, -0.2) is 13.5 Å². The van der Waals surface area contributed by atoms with Crippen molar-refractivity contribution in [2.45, 2.75) is 19.4 Å². The first-order valence-electron chi connectivity index (χ1n) is 7.86. The SMILES string of the molecule is C[C@@H](NC(=O)Cc1cnn(-c2ccccc2)c1)c1ccc(F)c(F)c1. The molecule has 0 radical (unpaired) electrons. The Hall–Kier alpha value is -3.02. The lowest BCUT2D eigenvalue weighted by atomic mass is 10.1. The first kappa shape index (κ1) is 16.8. The Morgan fingerprint density at radius 2 is 1.92 bits per heavy atom. The normalized spacial score (nSPS) is 12.0. The average molecular weight is 341 g/mol. The van der Waals surface area contributed by atoms with Crippen molar-refractivity contribution in [3.63, 3.8) is 0 Å². The summed E-state index contributed by atoms with van der Waals surface area (Å²) in [6.45, 7) is 1.72. The molecule has 0 aliphatic heterocycles. The van der Waals surface area contributed by atoms with Crippen molar-refractivity contribution < 1.29 is 13.6 Å². The van der Waals surface area contributed by atoms with Gasteiger partial charge in [0.2, 0.25) is 5.91 Å². The minimum Gasteiger partial charge on any atom is -0.349 e. The molecule has 0 saturated heterocycles. The summed E-state index contributed by atoms with van der Waals surface area (Å²) in [7, 11) is 0. The second-order valence-corrected chi connectivity index (χ2v) is 5.77. The van der Waals surface area contributed by atoms with Crippen molar-refractivity contribution >= 4 is 5.91 Å². The number of carbonyl (C=O) groups is 1. The van der Waals surface area contributed by atoms with Crippen molar-refractivity contribution in [3.8, 4) is 5.69 Å². The smallest absolute Gasteiger partial charge is 0.225 e. The van der Waals surface area contributed by atoms with Gasteiger partial charge in [0.25, 0.3) is 0 Å². The molecule has 1 N–H and O–H groups in total. The summed E-state index contributed by atoms with van der Waals surface area (Å²) in [5.41, 5.74) is 2.18. The van der Waals surface area contributed by atoms with Crippen molar-refractivity contribution in [3.05, 3.63) is 83.7 Å². The lowest BCUT2D eigenvalue weighted by molar-refractivity contribution is -0.121. The van der Waals surface area contributed by atoms with E-state index in [1.807, 2.05) is 30.3 Å². The average Bonchev–Trinajstić information content (AvgIpc) is 3.06. The molecule has 6 heteroatoms. The van der Waals surface area contributed by atoms with E-state index in [1.54, 1.807) is 24.0 Å². The zero-order chi connectivity index (χ0) is 17.8. The quantitative estimate of drug-likeness (QED) is 0.771. The molecular weight excluding hydrogens is 324 g/mol. The molecule has 0 saturated carbocycles. The van der Waals surface area contributed by atoms with Crippen molar-refractivity contribution in [1.82, 2.24) is 15.1 Å². The van der Waals surface area contributed by atoms with E-state index in [0.717, 1.165) is 23.4 Å². The third-order valence-electron chi connectivity index (χ3n) is 3.84. The molecule has 0 fully saturated rings. The van der Waals surface area contributed by atoms with Crippen molar-refractivity contribution in [1.29, 1.82) is 0 Å². The van der Waals surface area contributed by atoms with Crippen LogP contribution in [0.3, 0.4) is 0 Å². The molecule has 4 nitrogen and oxygen atoms in total. The molecule has 0 aliphatic rings. The van der Waals surface area contributed by atoms with E-state index in [2.05, 4.69) is 10.4 Å². The van der Waals surface area contributed by atoms with Crippen LogP contribution >= 0.6 is 0 Å². The van der Waals surface area contributed by atoms with E-state index in [9.17, 15) is 13.6 Å². The summed E-state index contributed by atoms with van der Waals surface area (Å²) < 4.78 is 28.0. The van der Waals surface area contributed by atoms with Crippen LogP contribution in [0, 0.1) is 11.6 Å². The van der Waals surface area contributed by atoms with Gasteiger partial charge < -0.3 is 5.32 Å². The number of aromatic nitrogens is 2. The molecule has 1 amide bonds. The number of benzene rings is 2. The zero-order valence-electron chi connectivity index (χ0n) is 13.6. The highest BCUT2D eigenvalue weighted by Crippen LogP contribution is 2.16. The number of nitrogens with zero attached hydrogens (tertiary/aromatic N) is 2. The molecule has 0 aliphatic carbocycles. The third kappa shape index (κ3) is 4.09. The summed E-state index contributed by atoms with van der Waals surface area (Å²) >= 11 is 0. The lowest BCUT2D eigenvalue weighted by Gasteiger charge is -2.14. The molecule has 3 rings (SSSR count). The monoisotopic (exact) mass is 341 g/mol. The minimum absolute atomic E-state index is 0.154. The number of carbonyl (C=O) groups excluding carboxylic acids is 1. The zero-order valence-corrected chi connectivity index (χ0v) is 13.6. The number of para-hydroxylation sites is 1. The predicted octanol–water partition coefficient (Wildman–Crippen LogP) is 3.57. The molecule has 0 bridgehead atoms. The summed E-state index contributed by atoms with van der Waals surface area (Å²) in [5.74, 6) is -2.05. The third-order valence-corrected chi connectivity index (χ3v) is 3.84. The Balaban J connectivity index is 1.62. The standard InChI is InChI=1S/C19H17F2N3O/c1-13(15-7-8-17(20)18(21)10-15)23-19(25)9-14-11-22-24(12-14)16-5-3-2-4-6-16/h2-8,10-13H,9H2,1H3,(H,23,25)/t13-/m1/s1. The number of hydrogen-bond acceptors (Lipinski definition) is 2. The minimum atomic E-state index is -0.928. The van der Waals surface area contributed by atoms with Gasteiger partial charge in [0, 0.05) is 6.20 Å². The largest absolute Gasteiger partial charge is 0.349 e. The van der Waals surface area contributed by atoms with Crippen LogP contribution in [-0.4, -0.2) is 15.7 Å². The van der Waals surface area contributed by atoms with E-state index >= 15 is 0 Å². The maximum atomic E-state index is 13.3. The fraction of sp³-hybridized carbons (Fsp3) is 0.158. The Labute approximate surface area is 144 Å². The molecule has 3 aromatic rings. The van der Waals surface area contributed by atoms with E-state index in [0.29, 0.717) is 5.56 Å². The number of hydrogen-bond donors (Lipinski definition) is 1. The number of amides is 1. The predicted molar refractivity (Wildman–Crippen MR) is 90.2 cm³/mol. The fourth-order valence-electron chi connectivity index (χ4n) is 2.52. The van der Waals surface area contributed by atoms with Crippen molar-refractivity contribution in [2.75, 3.05) is 0 Å². The molecule has 0 spiro atoms. The molecule has 2 aromatic carbocycles. The molecule has 1 atom stereocenters. The van der Waals surface area contributed by atoms with E-state index in [4.69, 9.17) is 0 Å². The van der Waals surface area contributed by atoms with Crippen LogP contribution < -0.4 is 5.32 Å². The maximum absolute atomic E-state index is 13.3. The van der Waals surface area contributed by atoms with Crippen molar-refractivity contribution in [2.24, 2.45) is 0 Å². The van der Waals surface area contributed by atoms with Gasteiger partial charge in [-0.1, -0.05) is 24.3 Å². The van der Waals surface area contributed by atoms with Gasteiger partial charge in [0.05, 0.1) is 24.3 Å². The Kier molecular flexibility index (Phi) is 4.88. The molecule has 1 heterocycles. The van der Waals surface area contributed by atoms with Gasteiger partial charge in [-0.15, -0.1) is 0 Å². The first-order valence-corrected chi connectivity index (χ1v) is 7.86. The van der Waals surface area contributed by atoms with Crippen LogP contribution in [0.5, 0.6) is 0 Å². The molecule has 1 aromatic heterocycles. The summed E-state index contributed by atoms with van der Waals surface area (Å²) in [6.07, 6.45) is 3.58. The number of nitrogens with one attached hydrogen (secondary N) is 1. The lowest BCUT2D eigenvalue weighted by Crippen LogP contribution is -2.28. The highest BCUT2D eigenvalue weighted by atomic mass is 19.2. The van der Waals surface area contributed by atoms with E-state index in [-0.39, 0.29) is 12.3 Å². The van der Waals surface area contributed by atoms with Gasteiger partial charge in [-0.3, -0.25) is 4.79 Å². The molecule has 25 heavy (non-hydrogen) atoms. The second kappa shape index (κ2) is 7.25.